The molecule has 2 unspecified atom stereocenters. The molecule has 3 amide bonds. The van der Waals surface area contributed by atoms with Gasteiger partial charge >= 0.3 is 0 Å². The Bertz CT molecular complexity index is 956. The second kappa shape index (κ2) is 8.07. The van der Waals surface area contributed by atoms with Crippen molar-refractivity contribution < 1.29 is 14.4 Å². The molecule has 2 aliphatic rings. The molecular weight excluding hydrogens is 366 g/mol. The van der Waals surface area contributed by atoms with Gasteiger partial charge in [-0.15, -0.1) is 0 Å². The zero-order valence-corrected chi connectivity index (χ0v) is 16.5. The zero-order valence-electron chi connectivity index (χ0n) is 16.5. The summed E-state index contributed by atoms with van der Waals surface area (Å²) in [6.07, 6.45) is 2.44. The normalized spacial score (nSPS) is 20.4. The molecule has 1 saturated carbocycles. The number of hydrogen-bond donors (Lipinski definition) is 2. The number of amides is 3. The van der Waals surface area contributed by atoms with E-state index in [1.54, 1.807) is 24.3 Å². The van der Waals surface area contributed by atoms with Gasteiger partial charge in [0, 0.05) is 42.4 Å². The van der Waals surface area contributed by atoms with Gasteiger partial charge in [0.25, 0.3) is 5.91 Å². The summed E-state index contributed by atoms with van der Waals surface area (Å²) >= 11 is 0. The summed E-state index contributed by atoms with van der Waals surface area (Å²) in [4.78, 5) is 38.5. The molecule has 2 aromatic rings. The molecule has 0 radical (unpaired) electrons. The Hall–Kier alpha value is -3.15. The Kier molecular flexibility index (Phi) is 5.34. The van der Waals surface area contributed by atoms with Crippen LogP contribution in [-0.2, 0) is 16.1 Å². The smallest absolute Gasteiger partial charge is 0.255 e. The molecule has 0 spiro atoms. The lowest BCUT2D eigenvalue weighted by Gasteiger charge is -2.16. The Labute approximate surface area is 170 Å². The Morgan fingerprint density at radius 1 is 1.07 bits per heavy atom. The van der Waals surface area contributed by atoms with Gasteiger partial charge in [-0.2, -0.15) is 0 Å². The summed E-state index contributed by atoms with van der Waals surface area (Å²) in [5.41, 5.74) is 2.77. The highest BCUT2D eigenvalue weighted by atomic mass is 16.2. The molecule has 2 N–H and O–H groups in total. The molecule has 150 valence electrons. The second-order valence-electron chi connectivity index (χ2n) is 7.96. The third kappa shape index (κ3) is 4.65. The van der Waals surface area contributed by atoms with Crippen molar-refractivity contribution in [3.8, 4) is 0 Å². The minimum atomic E-state index is -0.240. The van der Waals surface area contributed by atoms with Crippen LogP contribution in [0.5, 0.6) is 0 Å². The molecule has 4 rings (SSSR count). The summed E-state index contributed by atoms with van der Waals surface area (Å²) in [5, 5.41) is 5.79. The highest BCUT2D eigenvalue weighted by Gasteiger charge is 2.39. The van der Waals surface area contributed by atoms with E-state index in [-0.39, 0.29) is 23.6 Å². The Balaban J connectivity index is 1.40. The number of anilines is 2. The molecule has 2 fully saturated rings. The molecule has 6 heteroatoms. The fraction of sp³-hybridized carbons (Fsp3) is 0.348. The van der Waals surface area contributed by atoms with Gasteiger partial charge in [-0.05, 0) is 54.7 Å². The lowest BCUT2D eigenvalue weighted by atomic mass is 10.1. The maximum Gasteiger partial charge on any atom is 0.255 e. The monoisotopic (exact) mass is 391 g/mol. The van der Waals surface area contributed by atoms with Crippen molar-refractivity contribution in [2.45, 2.75) is 32.7 Å². The van der Waals surface area contributed by atoms with Gasteiger partial charge in [0.2, 0.25) is 11.8 Å². The van der Waals surface area contributed by atoms with E-state index in [0.29, 0.717) is 35.8 Å². The molecule has 2 aromatic carbocycles. The van der Waals surface area contributed by atoms with Crippen molar-refractivity contribution in [1.82, 2.24) is 4.90 Å². The predicted octanol–water partition coefficient (Wildman–Crippen LogP) is 3.66. The van der Waals surface area contributed by atoms with E-state index in [9.17, 15) is 14.4 Å². The third-order valence-electron chi connectivity index (χ3n) is 5.57. The molecule has 1 aliphatic carbocycles. The first kappa shape index (κ1) is 19.2. The fourth-order valence-electron chi connectivity index (χ4n) is 3.70. The minimum absolute atomic E-state index is 0.0132. The molecule has 0 bridgehead atoms. The lowest BCUT2D eigenvalue weighted by molar-refractivity contribution is -0.128. The predicted molar refractivity (Wildman–Crippen MR) is 111 cm³/mol. The number of likely N-dealkylation sites (tertiary alicyclic amines) is 1. The van der Waals surface area contributed by atoms with Crippen molar-refractivity contribution >= 4 is 29.1 Å². The van der Waals surface area contributed by atoms with E-state index in [4.69, 9.17) is 0 Å². The number of rotatable bonds is 6. The van der Waals surface area contributed by atoms with E-state index in [1.165, 1.54) is 0 Å². The van der Waals surface area contributed by atoms with Gasteiger partial charge in [0.05, 0.1) is 0 Å². The molecule has 6 nitrogen and oxygen atoms in total. The largest absolute Gasteiger partial charge is 0.338 e. The average molecular weight is 391 g/mol. The van der Waals surface area contributed by atoms with Crippen LogP contribution in [0.2, 0.25) is 0 Å². The van der Waals surface area contributed by atoms with Crippen LogP contribution < -0.4 is 10.6 Å². The molecular formula is C23H25N3O3. The van der Waals surface area contributed by atoms with Crippen molar-refractivity contribution in [3.63, 3.8) is 0 Å². The number of nitrogens with zero attached hydrogens (tertiary/aromatic N) is 1. The first-order valence-corrected chi connectivity index (χ1v) is 10.1. The quantitative estimate of drug-likeness (QED) is 0.789. The summed E-state index contributed by atoms with van der Waals surface area (Å²) < 4.78 is 0. The third-order valence-corrected chi connectivity index (χ3v) is 5.57. The summed E-state index contributed by atoms with van der Waals surface area (Å²) in [7, 11) is 0. The van der Waals surface area contributed by atoms with Crippen LogP contribution >= 0.6 is 0 Å². The van der Waals surface area contributed by atoms with E-state index in [0.717, 1.165) is 24.9 Å². The first-order valence-electron chi connectivity index (χ1n) is 10.1. The van der Waals surface area contributed by atoms with Crippen molar-refractivity contribution in [1.29, 1.82) is 0 Å². The molecule has 0 aromatic heterocycles. The molecule has 29 heavy (non-hydrogen) atoms. The maximum atomic E-state index is 12.7. The fourth-order valence-corrected chi connectivity index (χ4v) is 3.70. The van der Waals surface area contributed by atoms with Crippen LogP contribution in [0.1, 0.15) is 42.1 Å². The minimum Gasteiger partial charge on any atom is -0.338 e. The SMILES string of the molecule is CC1CC1C(=O)Nc1cccc(C(=O)Nc2cccc(CN3CCCC3=O)c2)c1. The number of benzene rings is 2. The molecule has 1 aliphatic heterocycles. The van der Waals surface area contributed by atoms with Gasteiger partial charge in [-0.1, -0.05) is 25.1 Å². The summed E-state index contributed by atoms with van der Waals surface area (Å²) in [6, 6.07) is 14.5. The summed E-state index contributed by atoms with van der Waals surface area (Å²) in [5.74, 6) is 0.468. The van der Waals surface area contributed by atoms with Crippen molar-refractivity contribution in [2.24, 2.45) is 11.8 Å². The molecule has 1 saturated heterocycles. The van der Waals surface area contributed by atoms with E-state index >= 15 is 0 Å². The van der Waals surface area contributed by atoms with Crippen LogP contribution in [0.15, 0.2) is 48.5 Å². The first-order chi connectivity index (χ1) is 14.0. The van der Waals surface area contributed by atoms with Gasteiger partial charge in [0.1, 0.15) is 0 Å². The Morgan fingerprint density at radius 2 is 1.79 bits per heavy atom. The highest BCUT2D eigenvalue weighted by Crippen LogP contribution is 2.38. The van der Waals surface area contributed by atoms with Crippen molar-refractivity contribution in [2.75, 3.05) is 17.2 Å². The van der Waals surface area contributed by atoms with Gasteiger partial charge < -0.3 is 15.5 Å². The van der Waals surface area contributed by atoms with Crippen LogP contribution in [0.25, 0.3) is 0 Å². The van der Waals surface area contributed by atoms with Crippen LogP contribution in [0.4, 0.5) is 11.4 Å². The van der Waals surface area contributed by atoms with Crippen LogP contribution in [0.3, 0.4) is 0 Å². The van der Waals surface area contributed by atoms with Crippen molar-refractivity contribution in [3.05, 3.63) is 59.7 Å². The van der Waals surface area contributed by atoms with Gasteiger partial charge in [0.15, 0.2) is 0 Å². The second-order valence-corrected chi connectivity index (χ2v) is 7.96. The average Bonchev–Trinajstić information content (AvgIpc) is 3.31. The Morgan fingerprint density at radius 3 is 2.48 bits per heavy atom. The number of carbonyl (C=O) groups excluding carboxylic acids is 3. The maximum absolute atomic E-state index is 12.7. The van der Waals surface area contributed by atoms with Crippen LogP contribution in [-0.4, -0.2) is 29.2 Å². The van der Waals surface area contributed by atoms with Gasteiger partial charge in [-0.3, -0.25) is 14.4 Å². The summed E-state index contributed by atoms with van der Waals surface area (Å²) in [6.45, 7) is 3.40. The zero-order chi connectivity index (χ0) is 20.4. The number of nitrogens with one attached hydrogen (secondary N) is 2. The van der Waals surface area contributed by atoms with E-state index in [1.807, 2.05) is 29.2 Å². The van der Waals surface area contributed by atoms with Crippen LogP contribution in [0, 0.1) is 11.8 Å². The van der Waals surface area contributed by atoms with E-state index < -0.39 is 0 Å². The molecule has 2 atom stereocenters. The molecule has 1 heterocycles. The number of hydrogen-bond acceptors (Lipinski definition) is 3. The van der Waals surface area contributed by atoms with E-state index in [2.05, 4.69) is 17.6 Å². The lowest BCUT2D eigenvalue weighted by Crippen LogP contribution is -2.23. The standard InChI is InChI=1S/C23H25N3O3/c1-15-11-20(15)23(29)25-19-8-3-6-17(13-19)22(28)24-18-7-2-5-16(12-18)14-26-10-4-9-21(26)27/h2-3,5-8,12-13,15,20H,4,9-11,14H2,1H3,(H,24,28)(H,25,29). The topological polar surface area (TPSA) is 78.5 Å². The number of carbonyl (C=O) groups is 3. The highest BCUT2D eigenvalue weighted by molar-refractivity contribution is 6.05. The van der Waals surface area contributed by atoms with Gasteiger partial charge in [-0.25, -0.2) is 0 Å².